The number of H-pyrrole nitrogens is 1. The molecule has 0 unspecified atom stereocenters. The van der Waals surface area contributed by atoms with Crippen LogP contribution in [0.15, 0.2) is 48.5 Å². The van der Waals surface area contributed by atoms with Gasteiger partial charge in [-0.2, -0.15) is 5.10 Å². The molecule has 2 heterocycles. The zero-order chi connectivity index (χ0) is 22.0. The van der Waals surface area contributed by atoms with Gasteiger partial charge in [0.15, 0.2) is 16.4 Å². The third kappa shape index (κ3) is 4.66. The van der Waals surface area contributed by atoms with Gasteiger partial charge in [-0.05, 0) is 38.9 Å². The van der Waals surface area contributed by atoms with Crippen LogP contribution < -0.4 is 0 Å². The van der Waals surface area contributed by atoms with E-state index in [-0.39, 0.29) is 24.2 Å². The van der Waals surface area contributed by atoms with E-state index in [9.17, 15) is 9.59 Å². The van der Waals surface area contributed by atoms with Crippen molar-refractivity contribution in [1.82, 2.24) is 19.7 Å². The number of carbonyl (C=O) groups is 2. The Balaban J connectivity index is 1.40. The maximum Gasteiger partial charge on any atom is 0.242 e. The van der Waals surface area contributed by atoms with E-state index >= 15 is 0 Å². The van der Waals surface area contributed by atoms with Crippen molar-refractivity contribution in [3.63, 3.8) is 0 Å². The van der Waals surface area contributed by atoms with Gasteiger partial charge >= 0.3 is 0 Å². The third-order valence-corrected chi connectivity index (χ3v) is 6.23. The molecule has 1 aromatic heterocycles. The number of ketones is 1. The molecule has 1 amide bonds. The van der Waals surface area contributed by atoms with Crippen molar-refractivity contribution in [3.05, 3.63) is 70.0 Å². The van der Waals surface area contributed by atoms with Gasteiger partial charge in [0.05, 0.1) is 0 Å². The number of Topliss-reactive ketones (excluding diaryl/α,β-unsaturated/α-hetero) is 1. The lowest BCUT2D eigenvalue weighted by molar-refractivity contribution is -0.133. The molecule has 0 saturated carbocycles. The summed E-state index contributed by atoms with van der Waals surface area (Å²) in [6, 6.07) is 15.7. The van der Waals surface area contributed by atoms with Crippen LogP contribution in [0.2, 0.25) is 0 Å². The fraction of sp³-hybridized carbons (Fsp3) is 0.333. The SMILES string of the molecule is Cc1ccc(C(=O)C2CCN(C(=O)Cn3c(-c4ccc(C)cc4)n[nH]c3=S)CC2)cc1. The first kappa shape index (κ1) is 21.2. The molecule has 0 spiro atoms. The summed E-state index contributed by atoms with van der Waals surface area (Å²) in [7, 11) is 0. The number of benzene rings is 2. The number of rotatable bonds is 5. The van der Waals surface area contributed by atoms with Crippen molar-refractivity contribution in [2.24, 2.45) is 5.92 Å². The number of amides is 1. The second-order valence-corrected chi connectivity index (χ2v) is 8.58. The number of hydrogen-bond donors (Lipinski definition) is 1. The number of carbonyl (C=O) groups excluding carboxylic acids is 2. The summed E-state index contributed by atoms with van der Waals surface area (Å²) in [5.74, 6) is 0.784. The van der Waals surface area contributed by atoms with Crippen molar-refractivity contribution < 1.29 is 9.59 Å². The van der Waals surface area contributed by atoms with E-state index in [1.165, 1.54) is 0 Å². The van der Waals surface area contributed by atoms with Crippen LogP contribution in [0.4, 0.5) is 0 Å². The van der Waals surface area contributed by atoms with Crippen LogP contribution >= 0.6 is 12.2 Å². The number of likely N-dealkylation sites (tertiary alicyclic amines) is 1. The Morgan fingerprint density at radius 3 is 2.19 bits per heavy atom. The summed E-state index contributed by atoms with van der Waals surface area (Å²) < 4.78 is 2.17. The van der Waals surface area contributed by atoms with Crippen molar-refractivity contribution >= 4 is 23.9 Å². The Bertz CT molecular complexity index is 1140. The van der Waals surface area contributed by atoms with Crippen LogP contribution in [0.5, 0.6) is 0 Å². The first-order chi connectivity index (χ1) is 14.9. The molecule has 1 saturated heterocycles. The lowest BCUT2D eigenvalue weighted by atomic mass is 9.88. The molecule has 0 bridgehead atoms. The molecular weight excluding hydrogens is 408 g/mol. The van der Waals surface area contributed by atoms with E-state index in [1.54, 1.807) is 4.57 Å². The van der Waals surface area contributed by atoms with E-state index in [0.717, 1.165) is 22.3 Å². The summed E-state index contributed by atoms with van der Waals surface area (Å²) in [6.45, 7) is 5.32. The topological polar surface area (TPSA) is 71.0 Å². The molecule has 0 atom stereocenters. The van der Waals surface area contributed by atoms with Crippen LogP contribution in [-0.2, 0) is 11.3 Å². The zero-order valence-corrected chi connectivity index (χ0v) is 18.6. The second-order valence-electron chi connectivity index (χ2n) is 8.19. The highest BCUT2D eigenvalue weighted by Crippen LogP contribution is 2.23. The van der Waals surface area contributed by atoms with Gasteiger partial charge in [-0.1, -0.05) is 59.7 Å². The number of nitrogens with zero attached hydrogens (tertiary/aromatic N) is 3. The number of aromatic nitrogens is 3. The predicted octanol–water partition coefficient (Wildman–Crippen LogP) is 4.35. The molecule has 0 aliphatic carbocycles. The van der Waals surface area contributed by atoms with E-state index in [2.05, 4.69) is 10.2 Å². The van der Waals surface area contributed by atoms with E-state index in [1.807, 2.05) is 67.3 Å². The highest BCUT2D eigenvalue weighted by Gasteiger charge is 2.28. The highest BCUT2D eigenvalue weighted by molar-refractivity contribution is 7.71. The number of aromatic amines is 1. The maximum absolute atomic E-state index is 13.0. The van der Waals surface area contributed by atoms with Crippen molar-refractivity contribution in [3.8, 4) is 11.4 Å². The molecule has 160 valence electrons. The van der Waals surface area contributed by atoms with Gasteiger partial charge in [-0.3, -0.25) is 19.3 Å². The van der Waals surface area contributed by atoms with Crippen LogP contribution in [-0.4, -0.2) is 44.4 Å². The van der Waals surface area contributed by atoms with Crippen molar-refractivity contribution in [2.75, 3.05) is 13.1 Å². The molecule has 1 N–H and O–H groups in total. The summed E-state index contributed by atoms with van der Waals surface area (Å²) >= 11 is 5.36. The van der Waals surface area contributed by atoms with Gasteiger partial charge in [0, 0.05) is 30.1 Å². The van der Waals surface area contributed by atoms with Gasteiger partial charge < -0.3 is 4.90 Å². The normalized spacial score (nSPS) is 14.6. The summed E-state index contributed by atoms with van der Waals surface area (Å²) in [5.41, 5.74) is 3.96. The molecule has 4 rings (SSSR count). The van der Waals surface area contributed by atoms with E-state index < -0.39 is 0 Å². The summed E-state index contributed by atoms with van der Waals surface area (Å²) in [5, 5.41) is 7.12. The van der Waals surface area contributed by atoms with Crippen LogP contribution in [0, 0.1) is 24.5 Å². The maximum atomic E-state index is 13.0. The lowest BCUT2D eigenvalue weighted by Gasteiger charge is -2.31. The molecule has 1 fully saturated rings. The summed E-state index contributed by atoms with van der Waals surface area (Å²) in [4.78, 5) is 27.6. The third-order valence-electron chi connectivity index (χ3n) is 5.92. The Morgan fingerprint density at radius 1 is 1.00 bits per heavy atom. The summed E-state index contributed by atoms with van der Waals surface area (Å²) in [6.07, 6.45) is 1.36. The number of nitrogens with one attached hydrogen (secondary N) is 1. The Labute approximate surface area is 186 Å². The molecule has 31 heavy (non-hydrogen) atoms. The van der Waals surface area contributed by atoms with Gasteiger partial charge in [0.25, 0.3) is 0 Å². The molecule has 6 nitrogen and oxygen atoms in total. The first-order valence-corrected chi connectivity index (χ1v) is 10.9. The minimum absolute atomic E-state index is 0.00732. The van der Waals surface area contributed by atoms with Crippen molar-refractivity contribution in [2.45, 2.75) is 33.2 Å². The average Bonchev–Trinajstić information content (AvgIpc) is 3.14. The van der Waals surface area contributed by atoms with Gasteiger partial charge in [-0.25, -0.2) is 0 Å². The standard InChI is InChI=1S/C24H26N4O2S/c1-16-3-7-18(8-4-16)22(30)19-11-13-27(14-12-19)21(29)15-28-23(25-26-24(28)31)20-9-5-17(2)6-10-20/h3-10,19H,11-15H2,1-2H3,(H,26,31). The highest BCUT2D eigenvalue weighted by atomic mass is 32.1. The first-order valence-electron chi connectivity index (χ1n) is 10.5. The molecule has 1 aliphatic heterocycles. The monoisotopic (exact) mass is 434 g/mol. The zero-order valence-electron chi connectivity index (χ0n) is 17.8. The van der Waals surface area contributed by atoms with Gasteiger partial charge in [0.2, 0.25) is 5.91 Å². The second kappa shape index (κ2) is 8.98. The fourth-order valence-corrected chi connectivity index (χ4v) is 4.16. The Hall–Kier alpha value is -3.06. The Morgan fingerprint density at radius 2 is 1.58 bits per heavy atom. The quantitative estimate of drug-likeness (QED) is 0.479. The molecule has 0 radical (unpaired) electrons. The lowest BCUT2D eigenvalue weighted by Crippen LogP contribution is -2.41. The number of hydrogen-bond acceptors (Lipinski definition) is 4. The molecular formula is C24H26N4O2S. The minimum Gasteiger partial charge on any atom is -0.341 e. The number of piperidine rings is 1. The molecule has 3 aromatic rings. The fourth-order valence-electron chi connectivity index (χ4n) is 3.97. The minimum atomic E-state index is -0.0361. The van der Waals surface area contributed by atoms with E-state index in [4.69, 9.17) is 12.2 Å². The van der Waals surface area contributed by atoms with Crippen LogP contribution in [0.1, 0.15) is 34.3 Å². The predicted molar refractivity (Wildman–Crippen MR) is 122 cm³/mol. The molecule has 7 heteroatoms. The molecule has 1 aliphatic rings. The average molecular weight is 435 g/mol. The van der Waals surface area contributed by atoms with Gasteiger partial charge in [-0.15, -0.1) is 0 Å². The van der Waals surface area contributed by atoms with E-state index in [0.29, 0.717) is 36.5 Å². The largest absolute Gasteiger partial charge is 0.341 e. The van der Waals surface area contributed by atoms with Crippen LogP contribution in [0.25, 0.3) is 11.4 Å². The van der Waals surface area contributed by atoms with Crippen LogP contribution in [0.3, 0.4) is 0 Å². The molecule has 2 aromatic carbocycles. The van der Waals surface area contributed by atoms with Gasteiger partial charge in [0.1, 0.15) is 6.54 Å². The smallest absolute Gasteiger partial charge is 0.242 e. The number of aryl methyl sites for hydroxylation is 2. The Kier molecular flexibility index (Phi) is 6.13. The van der Waals surface area contributed by atoms with Crippen molar-refractivity contribution in [1.29, 1.82) is 0 Å².